The van der Waals surface area contributed by atoms with Gasteiger partial charge in [0.15, 0.2) is 0 Å². The summed E-state index contributed by atoms with van der Waals surface area (Å²) in [6.45, 7) is 0.403. The predicted molar refractivity (Wildman–Crippen MR) is 95.5 cm³/mol. The predicted octanol–water partition coefficient (Wildman–Crippen LogP) is 3.84. The molecule has 0 aliphatic rings. The van der Waals surface area contributed by atoms with Gasteiger partial charge in [-0.25, -0.2) is 4.79 Å². The van der Waals surface area contributed by atoms with Crippen molar-refractivity contribution in [2.24, 2.45) is 0 Å². The Morgan fingerprint density at radius 3 is 1.88 bits per heavy atom. The molecule has 0 aliphatic heterocycles. The fourth-order valence-corrected chi connectivity index (χ4v) is 2.29. The van der Waals surface area contributed by atoms with Crippen molar-refractivity contribution in [2.75, 3.05) is 0 Å². The summed E-state index contributed by atoms with van der Waals surface area (Å²) in [7, 11) is 0. The van der Waals surface area contributed by atoms with Crippen molar-refractivity contribution in [1.29, 1.82) is 0 Å². The molecule has 3 rings (SSSR count). The standard InChI is InChI=1S/C21H17NO3/c23-20(17-7-3-1-4-8-17)22-15-16-11-13-19(14-12-16)25-21(24)18-9-5-2-6-10-18/h1-14H,15H2,(H,22,23). The lowest BCUT2D eigenvalue weighted by atomic mass is 10.2. The SMILES string of the molecule is O=C(NCc1ccc(OC(=O)c2ccccc2)cc1)c1ccccc1. The van der Waals surface area contributed by atoms with Crippen LogP contribution in [0.5, 0.6) is 5.75 Å². The summed E-state index contributed by atoms with van der Waals surface area (Å²) in [6, 6.07) is 24.9. The molecule has 0 aliphatic carbocycles. The zero-order chi connectivity index (χ0) is 17.5. The number of esters is 1. The van der Waals surface area contributed by atoms with E-state index in [1.807, 2.05) is 36.4 Å². The average Bonchev–Trinajstić information content (AvgIpc) is 2.68. The van der Waals surface area contributed by atoms with Gasteiger partial charge in [-0.1, -0.05) is 48.5 Å². The zero-order valence-electron chi connectivity index (χ0n) is 13.5. The Hall–Kier alpha value is -3.40. The van der Waals surface area contributed by atoms with Gasteiger partial charge in [0.1, 0.15) is 5.75 Å². The molecule has 0 bridgehead atoms. The van der Waals surface area contributed by atoms with Gasteiger partial charge < -0.3 is 10.1 Å². The van der Waals surface area contributed by atoms with Crippen molar-refractivity contribution in [1.82, 2.24) is 5.32 Å². The highest BCUT2D eigenvalue weighted by molar-refractivity contribution is 5.94. The van der Waals surface area contributed by atoms with Crippen LogP contribution in [-0.4, -0.2) is 11.9 Å². The number of rotatable bonds is 5. The molecule has 0 saturated heterocycles. The number of hydrogen-bond acceptors (Lipinski definition) is 3. The lowest BCUT2D eigenvalue weighted by molar-refractivity contribution is 0.0734. The minimum Gasteiger partial charge on any atom is -0.423 e. The average molecular weight is 331 g/mol. The molecular formula is C21H17NO3. The van der Waals surface area contributed by atoms with Gasteiger partial charge in [0.25, 0.3) is 5.91 Å². The summed E-state index contributed by atoms with van der Waals surface area (Å²) in [4.78, 5) is 24.0. The first kappa shape index (κ1) is 16.5. The molecule has 3 aromatic rings. The quantitative estimate of drug-likeness (QED) is 0.571. The second-order valence-corrected chi connectivity index (χ2v) is 5.45. The maximum absolute atomic E-state index is 12.0. The first-order valence-electron chi connectivity index (χ1n) is 7.92. The largest absolute Gasteiger partial charge is 0.423 e. The summed E-state index contributed by atoms with van der Waals surface area (Å²) >= 11 is 0. The van der Waals surface area contributed by atoms with E-state index in [4.69, 9.17) is 4.74 Å². The van der Waals surface area contributed by atoms with E-state index in [0.717, 1.165) is 5.56 Å². The lowest BCUT2D eigenvalue weighted by Gasteiger charge is -2.07. The van der Waals surface area contributed by atoms with Crippen LogP contribution < -0.4 is 10.1 Å². The fourth-order valence-electron chi connectivity index (χ4n) is 2.29. The fraction of sp³-hybridized carbons (Fsp3) is 0.0476. The van der Waals surface area contributed by atoms with Crippen LogP contribution in [0.1, 0.15) is 26.3 Å². The molecule has 0 unspecified atom stereocenters. The van der Waals surface area contributed by atoms with Crippen LogP contribution in [0.4, 0.5) is 0 Å². The van der Waals surface area contributed by atoms with E-state index in [1.165, 1.54) is 0 Å². The number of benzene rings is 3. The highest BCUT2D eigenvalue weighted by Crippen LogP contribution is 2.14. The first-order valence-corrected chi connectivity index (χ1v) is 7.92. The summed E-state index contributed by atoms with van der Waals surface area (Å²) in [5, 5.41) is 2.85. The van der Waals surface area contributed by atoms with Crippen LogP contribution in [-0.2, 0) is 6.54 Å². The Kier molecular flexibility index (Phi) is 5.22. The summed E-state index contributed by atoms with van der Waals surface area (Å²) in [5.41, 5.74) is 2.04. The van der Waals surface area contributed by atoms with Gasteiger partial charge in [0, 0.05) is 12.1 Å². The van der Waals surface area contributed by atoms with E-state index < -0.39 is 5.97 Å². The van der Waals surface area contributed by atoms with E-state index in [1.54, 1.807) is 48.5 Å². The summed E-state index contributed by atoms with van der Waals surface area (Å²) in [5.74, 6) is -0.0575. The first-order chi connectivity index (χ1) is 12.2. The number of ether oxygens (including phenoxy) is 1. The lowest BCUT2D eigenvalue weighted by Crippen LogP contribution is -2.22. The second-order valence-electron chi connectivity index (χ2n) is 5.45. The van der Waals surface area contributed by atoms with Crippen LogP contribution in [0.15, 0.2) is 84.9 Å². The molecule has 124 valence electrons. The van der Waals surface area contributed by atoms with Crippen LogP contribution in [0.25, 0.3) is 0 Å². The summed E-state index contributed by atoms with van der Waals surface area (Å²) < 4.78 is 5.32. The van der Waals surface area contributed by atoms with Gasteiger partial charge in [0.05, 0.1) is 5.56 Å². The van der Waals surface area contributed by atoms with Crippen molar-refractivity contribution in [3.05, 3.63) is 102 Å². The van der Waals surface area contributed by atoms with E-state index in [9.17, 15) is 9.59 Å². The van der Waals surface area contributed by atoms with E-state index in [0.29, 0.717) is 23.4 Å². The summed E-state index contributed by atoms with van der Waals surface area (Å²) in [6.07, 6.45) is 0. The Balaban J connectivity index is 1.55. The van der Waals surface area contributed by atoms with Gasteiger partial charge in [-0.05, 0) is 42.0 Å². The Morgan fingerprint density at radius 2 is 1.28 bits per heavy atom. The van der Waals surface area contributed by atoms with Crippen LogP contribution in [0.3, 0.4) is 0 Å². The number of amides is 1. The normalized spacial score (nSPS) is 10.1. The molecule has 0 atom stereocenters. The van der Waals surface area contributed by atoms with Crippen molar-refractivity contribution in [2.45, 2.75) is 6.54 Å². The Labute approximate surface area is 146 Å². The second kappa shape index (κ2) is 7.93. The van der Waals surface area contributed by atoms with E-state index in [-0.39, 0.29) is 5.91 Å². The third-order valence-electron chi connectivity index (χ3n) is 3.63. The molecule has 1 amide bonds. The highest BCUT2D eigenvalue weighted by atomic mass is 16.5. The molecule has 0 saturated carbocycles. The Morgan fingerprint density at radius 1 is 0.720 bits per heavy atom. The van der Waals surface area contributed by atoms with Crippen LogP contribution in [0, 0.1) is 0 Å². The Bertz CT molecular complexity index is 843. The molecule has 0 fully saturated rings. The number of nitrogens with one attached hydrogen (secondary N) is 1. The topological polar surface area (TPSA) is 55.4 Å². The van der Waals surface area contributed by atoms with Crippen molar-refractivity contribution in [3.63, 3.8) is 0 Å². The van der Waals surface area contributed by atoms with Gasteiger partial charge in [-0.2, -0.15) is 0 Å². The van der Waals surface area contributed by atoms with Crippen LogP contribution in [0.2, 0.25) is 0 Å². The van der Waals surface area contributed by atoms with Crippen molar-refractivity contribution in [3.8, 4) is 5.75 Å². The third kappa shape index (κ3) is 4.54. The molecule has 4 nitrogen and oxygen atoms in total. The molecule has 3 aromatic carbocycles. The molecule has 0 heterocycles. The highest BCUT2D eigenvalue weighted by Gasteiger charge is 2.08. The maximum atomic E-state index is 12.0. The number of carbonyl (C=O) groups is 2. The molecule has 25 heavy (non-hydrogen) atoms. The number of carbonyl (C=O) groups excluding carboxylic acids is 2. The molecule has 1 N–H and O–H groups in total. The van der Waals surface area contributed by atoms with Crippen LogP contribution >= 0.6 is 0 Å². The molecule has 0 spiro atoms. The van der Waals surface area contributed by atoms with Crippen molar-refractivity contribution < 1.29 is 14.3 Å². The maximum Gasteiger partial charge on any atom is 0.343 e. The minimum absolute atomic E-state index is 0.125. The molecule has 4 heteroatoms. The van der Waals surface area contributed by atoms with Gasteiger partial charge in [-0.15, -0.1) is 0 Å². The monoisotopic (exact) mass is 331 g/mol. The zero-order valence-corrected chi connectivity index (χ0v) is 13.5. The minimum atomic E-state index is -0.397. The van der Waals surface area contributed by atoms with E-state index in [2.05, 4.69) is 5.32 Å². The van der Waals surface area contributed by atoms with Crippen molar-refractivity contribution >= 4 is 11.9 Å². The smallest absolute Gasteiger partial charge is 0.343 e. The van der Waals surface area contributed by atoms with Gasteiger partial charge in [0.2, 0.25) is 0 Å². The number of hydrogen-bond donors (Lipinski definition) is 1. The molecule has 0 aromatic heterocycles. The molecular weight excluding hydrogens is 314 g/mol. The van der Waals surface area contributed by atoms with Gasteiger partial charge in [-0.3, -0.25) is 4.79 Å². The van der Waals surface area contributed by atoms with E-state index >= 15 is 0 Å². The molecule has 0 radical (unpaired) electrons. The third-order valence-corrected chi connectivity index (χ3v) is 3.63. The van der Waals surface area contributed by atoms with Gasteiger partial charge >= 0.3 is 5.97 Å².